The van der Waals surface area contributed by atoms with Crippen LogP contribution in [-0.2, 0) is 0 Å². The molecule has 5 heteroatoms. The first-order valence-electron chi connectivity index (χ1n) is 3.16. The van der Waals surface area contributed by atoms with Crippen molar-refractivity contribution in [2.24, 2.45) is 4.99 Å². The Labute approximate surface area is 97.5 Å². The molecule has 13 heavy (non-hydrogen) atoms. The lowest BCUT2D eigenvalue weighted by atomic mass is 10.2. The monoisotopic (exact) mass is 316 g/mol. The summed E-state index contributed by atoms with van der Waals surface area (Å²) in [7, 11) is 0. The van der Waals surface area contributed by atoms with Gasteiger partial charge in [-0.1, -0.05) is 0 Å². The topological polar surface area (TPSA) is 36.1 Å². The maximum atomic E-state index is 8.65. The van der Waals surface area contributed by atoms with E-state index in [4.69, 9.17) is 5.26 Å². The number of nitrogens with zero attached hydrogens (tertiary/aromatic N) is 2. The zero-order valence-corrected chi connectivity index (χ0v) is 10.2. The van der Waals surface area contributed by atoms with Gasteiger partial charge in [-0.15, -0.1) is 0 Å². The minimum absolute atomic E-state index is 0.557. The zero-order valence-electron chi connectivity index (χ0n) is 6.21. The molecule has 0 radical (unpaired) electrons. The average molecular weight is 318 g/mol. The molecule has 0 saturated heterocycles. The molecule has 0 saturated carbocycles. The number of aliphatic imine (C=N–C) groups is 1. The smallest absolute Gasteiger partial charge is 0.102 e. The number of isothiocyanates is 1. The second-order valence-corrected chi connectivity index (χ2v) is 3.99. The highest BCUT2D eigenvalue weighted by atomic mass is 79.9. The second-order valence-electron chi connectivity index (χ2n) is 2.10. The molecule has 0 aromatic heterocycles. The van der Waals surface area contributed by atoms with Gasteiger partial charge < -0.3 is 0 Å². The molecule has 0 aliphatic heterocycles. The highest BCUT2D eigenvalue weighted by molar-refractivity contribution is 9.11. The fourth-order valence-electron chi connectivity index (χ4n) is 0.783. The Hall–Kier alpha value is -0.530. The van der Waals surface area contributed by atoms with E-state index in [0.29, 0.717) is 11.3 Å². The van der Waals surface area contributed by atoms with Gasteiger partial charge in [0, 0.05) is 8.95 Å². The normalized spacial score (nSPS) is 8.69. The molecular formula is C8H2Br2N2S. The van der Waals surface area contributed by atoms with Crippen molar-refractivity contribution in [1.29, 1.82) is 5.26 Å². The third-order valence-electron chi connectivity index (χ3n) is 1.30. The predicted molar refractivity (Wildman–Crippen MR) is 61.2 cm³/mol. The van der Waals surface area contributed by atoms with Crippen LogP contribution < -0.4 is 0 Å². The largest absolute Gasteiger partial charge is 0.192 e. The summed E-state index contributed by atoms with van der Waals surface area (Å²) >= 11 is 11.0. The fourth-order valence-corrected chi connectivity index (χ4v) is 2.24. The summed E-state index contributed by atoms with van der Waals surface area (Å²) in [5, 5.41) is 10.9. The quantitative estimate of drug-likeness (QED) is 0.583. The molecule has 0 aliphatic rings. The van der Waals surface area contributed by atoms with Gasteiger partial charge in [-0.05, 0) is 56.2 Å². The van der Waals surface area contributed by atoms with Crippen LogP contribution in [-0.4, -0.2) is 5.16 Å². The van der Waals surface area contributed by atoms with Gasteiger partial charge in [0.15, 0.2) is 0 Å². The Morgan fingerprint density at radius 3 is 2.23 bits per heavy atom. The Kier molecular flexibility index (Phi) is 3.76. The lowest BCUT2D eigenvalue weighted by molar-refractivity contribution is 1.43. The van der Waals surface area contributed by atoms with Gasteiger partial charge >= 0.3 is 0 Å². The van der Waals surface area contributed by atoms with E-state index in [1.165, 1.54) is 0 Å². The van der Waals surface area contributed by atoms with Crippen molar-refractivity contribution in [1.82, 2.24) is 0 Å². The van der Waals surface area contributed by atoms with Crippen LogP contribution in [0, 0.1) is 11.3 Å². The van der Waals surface area contributed by atoms with Gasteiger partial charge in [0.2, 0.25) is 0 Å². The third-order valence-corrected chi connectivity index (χ3v) is 2.60. The first-order chi connectivity index (χ1) is 6.19. The molecule has 1 aromatic rings. The number of nitriles is 1. The summed E-state index contributed by atoms with van der Waals surface area (Å²) in [6.07, 6.45) is 0. The van der Waals surface area contributed by atoms with Crippen molar-refractivity contribution in [3.05, 3.63) is 26.6 Å². The molecule has 0 atom stereocenters. The van der Waals surface area contributed by atoms with Crippen LogP contribution in [0.25, 0.3) is 0 Å². The summed E-state index contributed by atoms with van der Waals surface area (Å²) in [6, 6.07) is 5.38. The highest BCUT2D eigenvalue weighted by Gasteiger charge is 2.05. The van der Waals surface area contributed by atoms with E-state index >= 15 is 0 Å². The van der Waals surface area contributed by atoms with E-state index in [-0.39, 0.29) is 0 Å². The predicted octanol–water partition coefficient (Wildman–Crippen LogP) is 3.82. The fraction of sp³-hybridized carbons (Fsp3) is 0. The lowest BCUT2D eigenvalue weighted by Crippen LogP contribution is -1.77. The van der Waals surface area contributed by atoms with Gasteiger partial charge in [0.1, 0.15) is 5.69 Å². The number of thiocarbonyl (C=S) groups is 1. The number of benzene rings is 1. The number of hydrogen-bond donors (Lipinski definition) is 0. The van der Waals surface area contributed by atoms with Crippen LogP contribution >= 0.6 is 44.1 Å². The third kappa shape index (κ3) is 2.45. The number of rotatable bonds is 1. The summed E-state index contributed by atoms with van der Waals surface area (Å²) < 4.78 is 1.44. The molecule has 0 spiro atoms. The minimum Gasteiger partial charge on any atom is -0.192 e. The van der Waals surface area contributed by atoms with E-state index < -0.39 is 0 Å². The maximum absolute atomic E-state index is 8.65. The summed E-state index contributed by atoms with van der Waals surface area (Å²) in [4.78, 5) is 3.84. The van der Waals surface area contributed by atoms with E-state index in [2.05, 4.69) is 54.2 Å². The Bertz CT molecular complexity index is 407. The summed E-state index contributed by atoms with van der Waals surface area (Å²) in [6.45, 7) is 0. The Morgan fingerprint density at radius 2 is 1.85 bits per heavy atom. The van der Waals surface area contributed by atoms with Crippen LogP contribution in [0.3, 0.4) is 0 Å². The molecule has 0 bridgehead atoms. The molecule has 1 rings (SSSR count). The second kappa shape index (κ2) is 4.64. The molecule has 64 valence electrons. The van der Waals surface area contributed by atoms with Gasteiger partial charge in [-0.25, -0.2) is 0 Å². The zero-order chi connectivity index (χ0) is 9.84. The van der Waals surface area contributed by atoms with E-state index in [1.807, 2.05) is 6.07 Å². The number of halogens is 2. The summed E-state index contributed by atoms with van der Waals surface area (Å²) in [5.41, 5.74) is 1.20. The van der Waals surface area contributed by atoms with Crippen molar-refractivity contribution < 1.29 is 0 Å². The maximum Gasteiger partial charge on any atom is 0.102 e. The van der Waals surface area contributed by atoms with Crippen LogP contribution in [0.4, 0.5) is 5.69 Å². The van der Waals surface area contributed by atoms with Crippen LogP contribution in [0.15, 0.2) is 26.1 Å². The molecule has 0 aliphatic carbocycles. The van der Waals surface area contributed by atoms with Gasteiger partial charge in [0.05, 0.1) is 16.8 Å². The average Bonchev–Trinajstić information content (AvgIpc) is 2.11. The molecule has 0 amide bonds. The molecule has 0 heterocycles. The van der Waals surface area contributed by atoms with Crippen LogP contribution in [0.5, 0.6) is 0 Å². The summed E-state index contributed by atoms with van der Waals surface area (Å²) in [5.74, 6) is 0. The van der Waals surface area contributed by atoms with Gasteiger partial charge in [0.25, 0.3) is 0 Å². The molecule has 0 unspecified atom stereocenters. The van der Waals surface area contributed by atoms with Crippen LogP contribution in [0.2, 0.25) is 0 Å². The van der Waals surface area contributed by atoms with E-state index in [9.17, 15) is 0 Å². The molecular weight excluding hydrogens is 316 g/mol. The van der Waals surface area contributed by atoms with Gasteiger partial charge in [-0.2, -0.15) is 10.3 Å². The standard InChI is InChI=1S/C8H2Br2N2S/c9-6-1-5(3-11)2-7(10)8(6)12-4-13/h1-2H. The van der Waals surface area contributed by atoms with Crippen molar-refractivity contribution in [3.63, 3.8) is 0 Å². The Balaban J connectivity index is 3.41. The number of hydrogen-bond acceptors (Lipinski definition) is 3. The molecule has 0 N–H and O–H groups in total. The molecule has 2 nitrogen and oxygen atoms in total. The van der Waals surface area contributed by atoms with E-state index in [1.54, 1.807) is 12.1 Å². The van der Waals surface area contributed by atoms with Crippen LogP contribution in [0.1, 0.15) is 5.56 Å². The van der Waals surface area contributed by atoms with E-state index in [0.717, 1.165) is 8.95 Å². The van der Waals surface area contributed by atoms with Crippen molar-refractivity contribution in [2.75, 3.05) is 0 Å². The SMILES string of the molecule is N#Cc1cc(Br)c(N=C=S)c(Br)c1. The molecule has 0 fully saturated rings. The lowest BCUT2D eigenvalue weighted by Gasteiger charge is -2.00. The van der Waals surface area contributed by atoms with Gasteiger partial charge in [-0.3, -0.25) is 0 Å². The Morgan fingerprint density at radius 1 is 1.31 bits per heavy atom. The minimum atomic E-state index is 0.557. The van der Waals surface area contributed by atoms with Crippen molar-refractivity contribution in [2.45, 2.75) is 0 Å². The highest BCUT2D eigenvalue weighted by Crippen LogP contribution is 2.34. The van der Waals surface area contributed by atoms with Crippen molar-refractivity contribution in [3.8, 4) is 6.07 Å². The first-order valence-corrected chi connectivity index (χ1v) is 5.15. The van der Waals surface area contributed by atoms with Crippen molar-refractivity contribution >= 4 is 54.9 Å². The first kappa shape index (κ1) is 10.6. The molecule has 1 aromatic carbocycles.